The summed E-state index contributed by atoms with van der Waals surface area (Å²) in [6.45, 7) is -0.513. The first-order valence-corrected chi connectivity index (χ1v) is 9.44. The molecule has 1 unspecified atom stereocenters. The van der Waals surface area contributed by atoms with Gasteiger partial charge >= 0.3 is 6.36 Å². The molecule has 0 bridgehead atoms. The molecule has 1 aromatic carbocycles. The second-order valence-corrected chi connectivity index (χ2v) is 6.71. The van der Waals surface area contributed by atoms with E-state index in [1.54, 1.807) is 0 Å². The van der Waals surface area contributed by atoms with Gasteiger partial charge in [-0.15, -0.1) is 13.2 Å². The van der Waals surface area contributed by atoms with Crippen LogP contribution in [0, 0.1) is 5.82 Å². The van der Waals surface area contributed by atoms with Gasteiger partial charge in [0, 0.05) is 31.4 Å². The maximum Gasteiger partial charge on any atom is 0.574 e. The number of amides is 2. The number of carbonyl (C=O) groups is 2. The van der Waals surface area contributed by atoms with E-state index in [0.717, 1.165) is 24.4 Å². The van der Waals surface area contributed by atoms with Gasteiger partial charge in [0.15, 0.2) is 6.61 Å². The van der Waals surface area contributed by atoms with E-state index in [0.29, 0.717) is 0 Å². The Morgan fingerprint density at radius 3 is 2.56 bits per heavy atom. The predicted molar refractivity (Wildman–Crippen MR) is 104 cm³/mol. The lowest BCUT2D eigenvalue weighted by atomic mass is 10.2. The number of aliphatic hydroxyl groups excluding tert-OH is 1. The molecule has 1 atom stereocenters. The molecule has 174 valence electrons. The maximum absolute atomic E-state index is 13.3. The van der Waals surface area contributed by atoms with Gasteiger partial charge in [-0.25, -0.2) is 9.37 Å². The molecule has 0 spiro atoms. The van der Waals surface area contributed by atoms with E-state index in [2.05, 4.69) is 20.4 Å². The summed E-state index contributed by atoms with van der Waals surface area (Å²) < 4.78 is 58.3. The summed E-state index contributed by atoms with van der Waals surface area (Å²) >= 11 is 5.54. The highest BCUT2D eigenvalue weighted by Gasteiger charge is 2.31. The van der Waals surface area contributed by atoms with Gasteiger partial charge in [0.2, 0.25) is 5.88 Å². The highest BCUT2D eigenvalue weighted by atomic mass is 35.5. The van der Waals surface area contributed by atoms with Gasteiger partial charge < -0.3 is 25.2 Å². The summed E-state index contributed by atoms with van der Waals surface area (Å²) in [5, 5.41) is 14.7. The number of benzene rings is 1. The minimum atomic E-state index is -4.89. The molecule has 32 heavy (non-hydrogen) atoms. The monoisotopic (exact) mass is 479 g/mol. The number of hydrogen-bond donors (Lipinski definition) is 3. The van der Waals surface area contributed by atoms with E-state index in [1.807, 2.05) is 0 Å². The Kier molecular flexibility index (Phi) is 9.02. The summed E-state index contributed by atoms with van der Waals surface area (Å²) in [5.74, 6) is -2.46. The van der Waals surface area contributed by atoms with Crippen LogP contribution in [-0.2, 0) is 4.79 Å². The number of ether oxygens (including phenoxy) is 2. The van der Waals surface area contributed by atoms with Crippen molar-refractivity contribution in [3.63, 3.8) is 0 Å². The van der Waals surface area contributed by atoms with Crippen molar-refractivity contribution in [3.05, 3.63) is 52.9 Å². The predicted octanol–water partition coefficient (Wildman–Crippen LogP) is 2.45. The van der Waals surface area contributed by atoms with Crippen molar-refractivity contribution in [2.24, 2.45) is 0 Å². The van der Waals surface area contributed by atoms with Crippen molar-refractivity contribution in [3.8, 4) is 11.6 Å². The first-order chi connectivity index (χ1) is 15.0. The van der Waals surface area contributed by atoms with Crippen molar-refractivity contribution in [2.45, 2.75) is 18.9 Å². The van der Waals surface area contributed by atoms with Crippen LogP contribution in [0.15, 0.2) is 36.5 Å². The standard InChI is InChI=1S/C19H18ClF4N3O5/c20-14-3-2-13(7-15(14)21)31-10-16(29)26-9-12(28)5-6-25-18(30)11-1-4-17(27-8-11)32-19(22,23)24/h1-4,7-8,12,28H,5-6,9-10H2,(H,25,30)(H,26,29). The summed E-state index contributed by atoms with van der Waals surface area (Å²) in [4.78, 5) is 27.1. The minimum absolute atomic E-state index is 0.00176. The van der Waals surface area contributed by atoms with E-state index >= 15 is 0 Å². The van der Waals surface area contributed by atoms with Crippen LogP contribution in [0.5, 0.6) is 11.6 Å². The zero-order chi connectivity index (χ0) is 23.7. The highest BCUT2D eigenvalue weighted by molar-refractivity contribution is 6.30. The number of hydrogen-bond acceptors (Lipinski definition) is 6. The van der Waals surface area contributed by atoms with Crippen molar-refractivity contribution in [1.82, 2.24) is 15.6 Å². The number of pyridine rings is 1. The quantitative estimate of drug-likeness (QED) is 0.452. The van der Waals surface area contributed by atoms with Crippen molar-refractivity contribution >= 4 is 23.4 Å². The SMILES string of the molecule is O=C(COc1ccc(Cl)c(F)c1)NCC(O)CCNC(=O)c1ccc(OC(F)(F)F)nc1. The number of nitrogens with one attached hydrogen (secondary N) is 2. The third-order valence-electron chi connectivity index (χ3n) is 3.78. The summed E-state index contributed by atoms with van der Waals surface area (Å²) in [5.41, 5.74) is -0.00176. The molecule has 0 saturated carbocycles. The molecule has 3 N–H and O–H groups in total. The normalized spacial score (nSPS) is 12.1. The van der Waals surface area contributed by atoms with Gasteiger partial charge in [-0.1, -0.05) is 11.6 Å². The molecule has 2 aromatic rings. The van der Waals surface area contributed by atoms with Crippen molar-refractivity contribution in [1.29, 1.82) is 0 Å². The second kappa shape index (κ2) is 11.5. The Morgan fingerprint density at radius 1 is 1.19 bits per heavy atom. The first-order valence-electron chi connectivity index (χ1n) is 9.06. The minimum Gasteiger partial charge on any atom is -0.484 e. The molecule has 2 rings (SSSR count). The third kappa shape index (κ3) is 8.94. The number of aliphatic hydroxyl groups is 1. The second-order valence-electron chi connectivity index (χ2n) is 6.30. The fourth-order valence-corrected chi connectivity index (χ4v) is 2.37. The molecule has 1 heterocycles. The molecular formula is C19H18ClF4N3O5. The Bertz CT molecular complexity index is 928. The van der Waals surface area contributed by atoms with Crippen molar-refractivity contribution < 1.29 is 41.7 Å². The number of alkyl halides is 3. The van der Waals surface area contributed by atoms with Crippen LogP contribution < -0.4 is 20.1 Å². The molecule has 1 aromatic heterocycles. The van der Waals surface area contributed by atoms with Gasteiger partial charge in [0.1, 0.15) is 11.6 Å². The maximum atomic E-state index is 13.3. The Labute approximate surface area is 184 Å². The first kappa shape index (κ1) is 25.1. The van der Waals surface area contributed by atoms with Crippen LogP contribution in [0.3, 0.4) is 0 Å². The average Bonchev–Trinajstić information content (AvgIpc) is 2.72. The summed E-state index contributed by atoms with van der Waals surface area (Å²) in [7, 11) is 0. The number of aromatic nitrogens is 1. The van der Waals surface area contributed by atoms with E-state index in [-0.39, 0.29) is 35.8 Å². The molecule has 2 amide bonds. The number of rotatable bonds is 10. The van der Waals surface area contributed by atoms with Crippen LogP contribution in [0.25, 0.3) is 0 Å². The lowest BCUT2D eigenvalue weighted by Gasteiger charge is -2.13. The van der Waals surface area contributed by atoms with Crippen LogP contribution in [0.1, 0.15) is 16.8 Å². The topological polar surface area (TPSA) is 110 Å². The number of nitrogens with zero attached hydrogens (tertiary/aromatic N) is 1. The zero-order valence-electron chi connectivity index (χ0n) is 16.3. The molecule has 0 aliphatic carbocycles. The molecule has 13 heteroatoms. The summed E-state index contributed by atoms with van der Waals surface area (Å²) in [6.07, 6.45) is -4.88. The Balaban J connectivity index is 1.65. The van der Waals surface area contributed by atoms with E-state index in [9.17, 15) is 32.3 Å². The van der Waals surface area contributed by atoms with E-state index in [4.69, 9.17) is 16.3 Å². The number of halogens is 5. The molecular weight excluding hydrogens is 462 g/mol. The van der Waals surface area contributed by atoms with Crippen LogP contribution in [0.2, 0.25) is 5.02 Å². The largest absolute Gasteiger partial charge is 0.574 e. The molecule has 0 aliphatic heterocycles. The zero-order valence-corrected chi connectivity index (χ0v) is 17.0. The Morgan fingerprint density at radius 2 is 1.94 bits per heavy atom. The Hall–Kier alpha value is -3.12. The lowest BCUT2D eigenvalue weighted by Crippen LogP contribution is -2.37. The molecule has 8 nitrogen and oxygen atoms in total. The number of carbonyl (C=O) groups excluding carboxylic acids is 2. The summed E-state index contributed by atoms with van der Waals surface area (Å²) in [6, 6.07) is 5.70. The van der Waals surface area contributed by atoms with Crippen molar-refractivity contribution in [2.75, 3.05) is 19.7 Å². The fourth-order valence-electron chi connectivity index (χ4n) is 2.25. The van der Waals surface area contributed by atoms with E-state index < -0.39 is 42.6 Å². The van der Waals surface area contributed by atoms with Crippen LogP contribution >= 0.6 is 11.6 Å². The van der Waals surface area contributed by atoms with Gasteiger partial charge in [-0.05, 0) is 24.6 Å². The molecule has 0 fully saturated rings. The van der Waals surface area contributed by atoms with Gasteiger partial charge in [-0.3, -0.25) is 9.59 Å². The third-order valence-corrected chi connectivity index (χ3v) is 4.08. The fraction of sp³-hybridized carbons (Fsp3) is 0.316. The lowest BCUT2D eigenvalue weighted by molar-refractivity contribution is -0.276. The van der Waals surface area contributed by atoms with E-state index in [1.165, 1.54) is 12.1 Å². The van der Waals surface area contributed by atoms with Crippen LogP contribution in [-0.4, -0.2) is 54.1 Å². The van der Waals surface area contributed by atoms with Gasteiger partial charge in [-0.2, -0.15) is 0 Å². The molecule has 0 saturated heterocycles. The average molecular weight is 480 g/mol. The van der Waals surface area contributed by atoms with Gasteiger partial charge in [0.25, 0.3) is 11.8 Å². The smallest absolute Gasteiger partial charge is 0.484 e. The molecule has 0 aliphatic rings. The van der Waals surface area contributed by atoms with Crippen LogP contribution in [0.4, 0.5) is 17.6 Å². The molecule has 0 radical (unpaired) electrons. The van der Waals surface area contributed by atoms with Gasteiger partial charge in [0.05, 0.1) is 16.7 Å². The highest BCUT2D eigenvalue weighted by Crippen LogP contribution is 2.21.